The number of carbonyl (C=O) groups is 1. The van der Waals surface area contributed by atoms with E-state index in [1.807, 2.05) is 20.8 Å². The van der Waals surface area contributed by atoms with Crippen LogP contribution in [0, 0.1) is 5.92 Å². The number of hydrogen-bond acceptors (Lipinski definition) is 4. The quantitative estimate of drug-likeness (QED) is 0.634. The van der Waals surface area contributed by atoms with E-state index in [1.165, 1.54) is 0 Å². The van der Waals surface area contributed by atoms with Crippen LogP contribution >= 0.6 is 0 Å². The van der Waals surface area contributed by atoms with E-state index < -0.39 is 5.60 Å². The van der Waals surface area contributed by atoms with Crippen molar-refractivity contribution in [1.29, 1.82) is 0 Å². The normalized spacial score (nSPS) is 28.6. The minimum absolute atomic E-state index is 0.126. The molecule has 0 aliphatic carbocycles. The first kappa shape index (κ1) is 11.5. The molecule has 1 aliphatic heterocycles. The van der Waals surface area contributed by atoms with Crippen molar-refractivity contribution in [3.05, 3.63) is 0 Å². The number of carbonyl (C=O) groups excluding carboxylic acids is 1. The van der Waals surface area contributed by atoms with Gasteiger partial charge in [0.25, 0.3) is 0 Å². The maximum atomic E-state index is 11.6. The topological polar surface area (TPSA) is 61.5 Å². The van der Waals surface area contributed by atoms with Crippen LogP contribution in [0.5, 0.6) is 0 Å². The van der Waals surface area contributed by atoms with Crippen LogP contribution in [0.4, 0.5) is 0 Å². The molecule has 0 bridgehead atoms. The van der Waals surface area contributed by atoms with Gasteiger partial charge >= 0.3 is 5.97 Å². The Labute approximate surface area is 84.7 Å². The summed E-state index contributed by atoms with van der Waals surface area (Å²) in [4.78, 5) is 11.6. The molecule has 0 spiro atoms. The van der Waals surface area contributed by atoms with E-state index in [-0.39, 0.29) is 17.9 Å². The summed E-state index contributed by atoms with van der Waals surface area (Å²) in [5, 5.41) is 0. The minimum Gasteiger partial charge on any atom is -0.460 e. The predicted octanol–water partition coefficient (Wildman–Crippen LogP) is 0.692. The van der Waals surface area contributed by atoms with E-state index in [0.29, 0.717) is 13.2 Å². The van der Waals surface area contributed by atoms with Crippen LogP contribution in [0.1, 0.15) is 27.2 Å². The van der Waals surface area contributed by atoms with E-state index in [4.69, 9.17) is 15.2 Å². The van der Waals surface area contributed by atoms with Crippen molar-refractivity contribution >= 4 is 5.97 Å². The fraction of sp³-hybridized carbons (Fsp3) is 0.900. The van der Waals surface area contributed by atoms with Gasteiger partial charge in [0, 0.05) is 12.6 Å². The molecule has 0 aromatic heterocycles. The lowest BCUT2D eigenvalue weighted by atomic mass is 9.96. The van der Waals surface area contributed by atoms with Crippen molar-refractivity contribution in [1.82, 2.24) is 0 Å². The molecule has 1 heterocycles. The zero-order valence-corrected chi connectivity index (χ0v) is 9.08. The van der Waals surface area contributed by atoms with Gasteiger partial charge in [0.05, 0.1) is 12.5 Å². The Morgan fingerprint density at radius 3 is 2.64 bits per heavy atom. The maximum absolute atomic E-state index is 11.6. The molecule has 0 amide bonds. The molecule has 4 heteroatoms. The summed E-state index contributed by atoms with van der Waals surface area (Å²) in [6.07, 6.45) is 0.726. The summed E-state index contributed by atoms with van der Waals surface area (Å²) >= 11 is 0. The number of nitrogens with two attached hydrogens (primary N) is 1. The van der Waals surface area contributed by atoms with Gasteiger partial charge in [0.15, 0.2) is 0 Å². The average molecular weight is 201 g/mol. The molecule has 1 saturated heterocycles. The van der Waals surface area contributed by atoms with Gasteiger partial charge in [-0.2, -0.15) is 0 Å². The first-order valence-electron chi connectivity index (χ1n) is 4.96. The Bertz CT molecular complexity index is 210. The molecular formula is C10H19NO3. The van der Waals surface area contributed by atoms with Gasteiger partial charge in [-0.3, -0.25) is 4.79 Å². The molecule has 0 unspecified atom stereocenters. The zero-order chi connectivity index (χ0) is 10.8. The largest absolute Gasteiger partial charge is 0.460 e. The number of rotatable bonds is 1. The second kappa shape index (κ2) is 4.28. The predicted molar refractivity (Wildman–Crippen MR) is 52.7 cm³/mol. The molecule has 4 nitrogen and oxygen atoms in total. The Morgan fingerprint density at radius 2 is 2.14 bits per heavy atom. The van der Waals surface area contributed by atoms with Gasteiger partial charge in [0.1, 0.15) is 5.60 Å². The van der Waals surface area contributed by atoms with Crippen LogP contribution in [-0.2, 0) is 14.3 Å². The van der Waals surface area contributed by atoms with Crippen LogP contribution in [0.15, 0.2) is 0 Å². The summed E-state index contributed by atoms with van der Waals surface area (Å²) in [7, 11) is 0. The van der Waals surface area contributed by atoms with Crippen LogP contribution in [0.25, 0.3) is 0 Å². The van der Waals surface area contributed by atoms with Crippen molar-refractivity contribution in [2.24, 2.45) is 11.7 Å². The highest BCUT2D eigenvalue weighted by Crippen LogP contribution is 2.18. The summed E-state index contributed by atoms with van der Waals surface area (Å²) in [5.41, 5.74) is 5.37. The molecule has 14 heavy (non-hydrogen) atoms. The molecule has 1 rings (SSSR count). The molecule has 1 aliphatic rings. The van der Waals surface area contributed by atoms with Gasteiger partial charge in [-0.1, -0.05) is 0 Å². The van der Waals surface area contributed by atoms with Crippen molar-refractivity contribution in [3.8, 4) is 0 Å². The van der Waals surface area contributed by atoms with Crippen molar-refractivity contribution in [3.63, 3.8) is 0 Å². The van der Waals surface area contributed by atoms with Crippen molar-refractivity contribution in [2.75, 3.05) is 13.2 Å². The molecule has 0 aromatic rings. The van der Waals surface area contributed by atoms with Crippen LogP contribution < -0.4 is 5.73 Å². The lowest BCUT2D eigenvalue weighted by Gasteiger charge is -2.30. The number of hydrogen-bond donors (Lipinski definition) is 1. The number of ether oxygens (including phenoxy) is 2. The van der Waals surface area contributed by atoms with Crippen LogP contribution in [0.3, 0.4) is 0 Å². The van der Waals surface area contributed by atoms with E-state index in [2.05, 4.69) is 0 Å². The molecule has 2 atom stereocenters. The Hall–Kier alpha value is -0.610. The van der Waals surface area contributed by atoms with Gasteiger partial charge in [-0.15, -0.1) is 0 Å². The third-order valence-corrected chi connectivity index (χ3v) is 2.12. The zero-order valence-electron chi connectivity index (χ0n) is 9.08. The lowest BCUT2D eigenvalue weighted by molar-refractivity contribution is -0.165. The van der Waals surface area contributed by atoms with E-state index in [9.17, 15) is 4.79 Å². The van der Waals surface area contributed by atoms with E-state index >= 15 is 0 Å². The first-order valence-corrected chi connectivity index (χ1v) is 4.96. The molecule has 0 radical (unpaired) electrons. The SMILES string of the molecule is CC(C)(C)OC(=O)[C@@H]1COCC[C@H]1N. The molecule has 2 N–H and O–H groups in total. The van der Waals surface area contributed by atoms with Crippen molar-refractivity contribution in [2.45, 2.75) is 38.8 Å². The fourth-order valence-electron chi connectivity index (χ4n) is 1.37. The molecule has 0 aromatic carbocycles. The lowest BCUT2D eigenvalue weighted by Crippen LogP contribution is -2.45. The van der Waals surface area contributed by atoms with Gasteiger partial charge in [0.2, 0.25) is 0 Å². The summed E-state index contributed by atoms with van der Waals surface area (Å²) in [6, 6.07) is -0.126. The van der Waals surface area contributed by atoms with Crippen LogP contribution in [-0.4, -0.2) is 30.8 Å². The average Bonchev–Trinajstić information content (AvgIpc) is 2.01. The standard InChI is InChI=1S/C10H19NO3/c1-10(2,3)14-9(12)7-6-13-5-4-8(7)11/h7-8H,4-6,11H2,1-3H3/t7-,8-/m1/s1. The molecule has 1 fully saturated rings. The minimum atomic E-state index is -0.450. The third kappa shape index (κ3) is 3.27. The Kier molecular flexibility index (Phi) is 3.50. The van der Waals surface area contributed by atoms with Crippen LogP contribution in [0.2, 0.25) is 0 Å². The van der Waals surface area contributed by atoms with E-state index in [0.717, 1.165) is 6.42 Å². The second-order valence-electron chi connectivity index (χ2n) is 4.67. The number of esters is 1. The maximum Gasteiger partial charge on any atom is 0.313 e. The smallest absolute Gasteiger partial charge is 0.313 e. The summed E-state index contributed by atoms with van der Waals surface area (Å²) in [5.74, 6) is -0.548. The fourth-order valence-corrected chi connectivity index (χ4v) is 1.37. The Morgan fingerprint density at radius 1 is 1.50 bits per heavy atom. The Balaban J connectivity index is 2.50. The summed E-state index contributed by atoms with van der Waals surface area (Å²) < 4.78 is 10.5. The summed E-state index contributed by atoms with van der Waals surface area (Å²) in [6.45, 7) is 6.57. The highest BCUT2D eigenvalue weighted by molar-refractivity contribution is 5.74. The van der Waals surface area contributed by atoms with Gasteiger partial charge in [-0.25, -0.2) is 0 Å². The molecular weight excluding hydrogens is 182 g/mol. The molecule has 82 valence electrons. The van der Waals surface area contributed by atoms with Gasteiger partial charge < -0.3 is 15.2 Å². The van der Waals surface area contributed by atoms with Crippen molar-refractivity contribution < 1.29 is 14.3 Å². The highest BCUT2D eigenvalue weighted by Gasteiger charge is 2.32. The monoisotopic (exact) mass is 201 g/mol. The highest BCUT2D eigenvalue weighted by atomic mass is 16.6. The molecule has 0 saturated carbocycles. The van der Waals surface area contributed by atoms with Gasteiger partial charge in [-0.05, 0) is 27.2 Å². The second-order valence-corrected chi connectivity index (χ2v) is 4.67. The first-order chi connectivity index (χ1) is 6.40. The van der Waals surface area contributed by atoms with E-state index in [1.54, 1.807) is 0 Å². The third-order valence-electron chi connectivity index (χ3n) is 2.12.